The van der Waals surface area contributed by atoms with Gasteiger partial charge < -0.3 is 33.5 Å². The van der Waals surface area contributed by atoms with Gasteiger partial charge in [0.25, 0.3) is 0 Å². The maximum atomic E-state index is 9.59. The molecule has 39 heavy (non-hydrogen) atoms. The maximum absolute atomic E-state index is 9.59. The van der Waals surface area contributed by atoms with E-state index in [-0.39, 0.29) is 55.4 Å². The average molecular weight is 537 g/mol. The van der Waals surface area contributed by atoms with E-state index in [9.17, 15) is 5.11 Å². The van der Waals surface area contributed by atoms with E-state index in [1.54, 1.807) is 0 Å². The molecular weight excluding hydrogens is 496 g/mol. The van der Waals surface area contributed by atoms with E-state index in [1.165, 1.54) is 0 Å². The van der Waals surface area contributed by atoms with Crippen LogP contribution in [0.15, 0.2) is 72.8 Å². The lowest BCUT2D eigenvalue weighted by molar-refractivity contribution is -0.260. The summed E-state index contributed by atoms with van der Waals surface area (Å²) >= 11 is 0. The van der Waals surface area contributed by atoms with Crippen molar-refractivity contribution in [2.24, 2.45) is 0 Å². The summed E-state index contributed by atoms with van der Waals surface area (Å²) in [6.45, 7) is 3.63. The van der Waals surface area contributed by atoms with Crippen molar-refractivity contribution in [1.82, 2.24) is 0 Å². The van der Waals surface area contributed by atoms with Crippen molar-refractivity contribution < 1.29 is 33.5 Å². The Bertz CT molecular complexity index is 1080. The average Bonchev–Trinajstić information content (AvgIpc) is 3.10. The van der Waals surface area contributed by atoms with Gasteiger partial charge in [0, 0.05) is 12.8 Å². The number of aliphatic hydroxyl groups excluding tert-OH is 1. The molecule has 0 spiro atoms. The number of fused-ring (bicyclic) bond motifs is 3. The van der Waals surface area contributed by atoms with E-state index < -0.39 is 5.60 Å². The van der Waals surface area contributed by atoms with Crippen molar-refractivity contribution in [2.75, 3.05) is 13.2 Å². The summed E-state index contributed by atoms with van der Waals surface area (Å²) in [7, 11) is 0. The molecule has 0 unspecified atom stereocenters. The topological polar surface area (TPSA) is 75.6 Å². The van der Waals surface area contributed by atoms with Gasteiger partial charge in [0.2, 0.25) is 0 Å². The second-order valence-corrected chi connectivity index (χ2v) is 11.4. The summed E-state index contributed by atoms with van der Waals surface area (Å²) in [6, 6.07) is 20.4. The monoisotopic (exact) mass is 536 g/mol. The fourth-order valence-corrected chi connectivity index (χ4v) is 6.32. The van der Waals surface area contributed by atoms with Gasteiger partial charge in [0.15, 0.2) is 0 Å². The molecule has 0 bridgehead atoms. The first-order chi connectivity index (χ1) is 19.1. The SMILES string of the molecule is C[C@]12CC[C@H]3O[C@@H](COCc4ccccc4)[C@H](OCc4ccccc4)C[C@@H]3O[C@@H]1C[C@@H]1O[C@H](CO)C=C[C@H]1O2. The third kappa shape index (κ3) is 6.30. The second-order valence-electron chi connectivity index (χ2n) is 11.4. The molecule has 0 radical (unpaired) electrons. The molecule has 3 saturated heterocycles. The van der Waals surface area contributed by atoms with Gasteiger partial charge >= 0.3 is 0 Å². The molecule has 210 valence electrons. The van der Waals surface area contributed by atoms with Gasteiger partial charge in [-0.3, -0.25) is 0 Å². The Hall–Kier alpha value is -2.10. The van der Waals surface area contributed by atoms with E-state index in [1.807, 2.05) is 48.6 Å². The minimum absolute atomic E-state index is 0.0325. The van der Waals surface area contributed by atoms with E-state index in [2.05, 4.69) is 31.2 Å². The Labute approximate surface area is 231 Å². The minimum Gasteiger partial charge on any atom is -0.393 e. The molecule has 7 heteroatoms. The van der Waals surface area contributed by atoms with E-state index >= 15 is 0 Å². The lowest BCUT2D eigenvalue weighted by Crippen LogP contribution is -2.58. The van der Waals surface area contributed by atoms with Crippen molar-refractivity contribution in [1.29, 1.82) is 0 Å². The summed E-state index contributed by atoms with van der Waals surface area (Å²) < 4.78 is 38.8. The fourth-order valence-electron chi connectivity index (χ4n) is 6.32. The summed E-state index contributed by atoms with van der Waals surface area (Å²) in [5.41, 5.74) is 1.84. The van der Waals surface area contributed by atoms with Crippen LogP contribution in [0, 0.1) is 0 Å². The van der Waals surface area contributed by atoms with Crippen LogP contribution in [0.2, 0.25) is 0 Å². The zero-order valence-electron chi connectivity index (χ0n) is 22.6. The number of benzene rings is 2. The maximum Gasteiger partial charge on any atom is 0.108 e. The van der Waals surface area contributed by atoms with E-state index in [0.29, 0.717) is 19.8 Å². The predicted molar refractivity (Wildman–Crippen MR) is 145 cm³/mol. The zero-order chi connectivity index (χ0) is 26.7. The number of aliphatic hydroxyl groups is 1. The summed E-state index contributed by atoms with van der Waals surface area (Å²) in [6.07, 6.45) is 5.93. The summed E-state index contributed by atoms with van der Waals surface area (Å²) in [5.74, 6) is 0. The van der Waals surface area contributed by atoms with Crippen LogP contribution in [0.25, 0.3) is 0 Å². The quantitative estimate of drug-likeness (QED) is 0.503. The standard InChI is InChI=1S/C32H40O7/c1-32-15-14-25-28(38-31(32)17-29-26(39-32)13-12-24(18-33)36-29)16-27(35-20-23-10-6-3-7-11-23)30(37-25)21-34-19-22-8-4-2-5-9-22/h2-13,24-31,33H,14-21H2,1H3/t24-,25+,26+,27+,28-,29-,30-,31+,32-/m0/s1. The Morgan fingerprint density at radius 2 is 1.59 bits per heavy atom. The van der Waals surface area contributed by atoms with Gasteiger partial charge in [0.05, 0.1) is 68.7 Å². The van der Waals surface area contributed by atoms with Gasteiger partial charge in [-0.05, 0) is 30.9 Å². The number of hydrogen-bond donors (Lipinski definition) is 1. The highest BCUT2D eigenvalue weighted by molar-refractivity contribution is 5.15. The zero-order valence-corrected chi connectivity index (χ0v) is 22.6. The normalized spacial score (nSPS) is 37.8. The molecule has 4 aliphatic rings. The Morgan fingerprint density at radius 1 is 0.846 bits per heavy atom. The second kappa shape index (κ2) is 12.2. The largest absolute Gasteiger partial charge is 0.393 e. The van der Waals surface area contributed by atoms with Gasteiger partial charge in [-0.1, -0.05) is 72.8 Å². The Kier molecular flexibility index (Phi) is 8.46. The van der Waals surface area contributed by atoms with Gasteiger partial charge in [-0.2, -0.15) is 0 Å². The lowest BCUT2D eigenvalue weighted by atomic mass is 9.84. The van der Waals surface area contributed by atoms with Crippen LogP contribution in [0.4, 0.5) is 0 Å². The third-order valence-corrected chi connectivity index (χ3v) is 8.55. The summed E-state index contributed by atoms with van der Waals surface area (Å²) in [5, 5.41) is 9.59. The number of ether oxygens (including phenoxy) is 6. The molecule has 0 amide bonds. The van der Waals surface area contributed by atoms with Gasteiger partial charge in [0.1, 0.15) is 12.2 Å². The van der Waals surface area contributed by atoms with Crippen LogP contribution < -0.4 is 0 Å². The summed E-state index contributed by atoms with van der Waals surface area (Å²) in [4.78, 5) is 0. The van der Waals surface area contributed by atoms with Crippen LogP contribution >= 0.6 is 0 Å². The van der Waals surface area contributed by atoms with Crippen LogP contribution in [-0.2, 0) is 41.6 Å². The molecule has 3 fully saturated rings. The van der Waals surface area contributed by atoms with E-state index in [4.69, 9.17) is 28.4 Å². The Balaban J connectivity index is 1.15. The molecule has 4 aliphatic heterocycles. The van der Waals surface area contributed by atoms with Crippen molar-refractivity contribution in [2.45, 2.75) is 100 Å². The molecule has 1 N–H and O–H groups in total. The number of rotatable bonds is 8. The predicted octanol–water partition coefficient (Wildman–Crippen LogP) is 4.36. The first-order valence-electron chi connectivity index (χ1n) is 14.3. The molecule has 6 rings (SSSR count). The first kappa shape index (κ1) is 27.1. The highest BCUT2D eigenvalue weighted by Crippen LogP contribution is 2.44. The van der Waals surface area contributed by atoms with Crippen LogP contribution in [0.3, 0.4) is 0 Å². The van der Waals surface area contributed by atoms with Crippen LogP contribution in [-0.4, -0.2) is 72.8 Å². The molecule has 9 atom stereocenters. The Morgan fingerprint density at radius 3 is 2.33 bits per heavy atom. The number of hydrogen-bond acceptors (Lipinski definition) is 7. The van der Waals surface area contributed by atoms with Crippen molar-refractivity contribution in [3.05, 3.63) is 83.9 Å². The molecule has 0 saturated carbocycles. The first-order valence-corrected chi connectivity index (χ1v) is 14.3. The lowest BCUT2D eigenvalue weighted by Gasteiger charge is -2.48. The molecular formula is C32H40O7. The van der Waals surface area contributed by atoms with Crippen molar-refractivity contribution in [3.63, 3.8) is 0 Å². The van der Waals surface area contributed by atoms with E-state index in [0.717, 1.165) is 36.8 Å². The van der Waals surface area contributed by atoms with Crippen LogP contribution in [0.1, 0.15) is 43.7 Å². The van der Waals surface area contributed by atoms with Crippen molar-refractivity contribution in [3.8, 4) is 0 Å². The van der Waals surface area contributed by atoms with Gasteiger partial charge in [-0.15, -0.1) is 0 Å². The van der Waals surface area contributed by atoms with Crippen molar-refractivity contribution >= 4 is 0 Å². The molecule has 0 aromatic heterocycles. The molecule has 4 heterocycles. The highest BCUT2D eigenvalue weighted by Gasteiger charge is 2.53. The molecule has 0 aliphatic carbocycles. The molecule has 7 nitrogen and oxygen atoms in total. The van der Waals surface area contributed by atoms with Crippen LogP contribution in [0.5, 0.6) is 0 Å². The smallest absolute Gasteiger partial charge is 0.108 e. The fraction of sp³-hybridized carbons (Fsp3) is 0.562. The molecule has 2 aromatic carbocycles. The highest BCUT2D eigenvalue weighted by atomic mass is 16.6. The van der Waals surface area contributed by atoms with Gasteiger partial charge in [-0.25, -0.2) is 0 Å². The minimum atomic E-state index is -0.429. The third-order valence-electron chi connectivity index (χ3n) is 8.55. The molecule has 2 aromatic rings.